The molecule has 0 saturated heterocycles. The summed E-state index contributed by atoms with van der Waals surface area (Å²) in [6.45, 7) is 6.95. The van der Waals surface area contributed by atoms with Crippen molar-refractivity contribution in [2.24, 2.45) is 11.7 Å². The van der Waals surface area contributed by atoms with Gasteiger partial charge in [0.1, 0.15) is 0 Å². The van der Waals surface area contributed by atoms with E-state index < -0.39 is 0 Å². The van der Waals surface area contributed by atoms with E-state index in [1.54, 1.807) is 12.4 Å². The van der Waals surface area contributed by atoms with Gasteiger partial charge in [-0.3, -0.25) is 0 Å². The molecular weight excluding hydrogens is 268 g/mol. The SMILES string of the molecule is CC(C)CN(CCCN)c1ncc(Br)cn1. The summed E-state index contributed by atoms with van der Waals surface area (Å²) in [6.07, 6.45) is 4.52. The average molecular weight is 287 g/mol. The summed E-state index contributed by atoms with van der Waals surface area (Å²) in [6, 6.07) is 0. The Morgan fingerprint density at radius 3 is 2.50 bits per heavy atom. The summed E-state index contributed by atoms with van der Waals surface area (Å²) in [5.74, 6) is 1.37. The zero-order chi connectivity index (χ0) is 12.0. The molecule has 1 aromatic heterocycles. The number of rotatable bonds is 6. The molecule has 0 aliphatic heterocycles. The van der Waals surface area contributed by atoms with Gasteiger partial charge in [0, 0.05) is 25.5 Å². The molecule has 0 unspecified atom stereocenters. The lowest BCUT2D eigenvalue weighted by atomic mass is 10.2. The van der Waals surface area contributed by atoms with Gasteiger partial charge in [-0.05, 0) is 34.8 Å². The van der Waals surface area contributed by atoms with E-state index >= 15 is 0 Å². The number of halogens is 1. The summed E-state index contributed by atoms with van der Waals surface area (Å²) >= 11 is 3.33. The van der Waals surface area contributed by atoms with Gasteiger partial charge in [0.25, 0.3) is 0 Å². The fourth-order valence-electron chi connectivity index (χ4n) is 1.46. The Hall–Kier alpha value is -0.680. The number of aromatic nitrogens is 2. The second kappa shape index (κ2) is 6.81. The van der Waals surface area contributed by atoms with Crippen LogP contribution in [-0.4, -0.2) is 29.6 Å². The maximum absolute atomic E-state index is 5.53. The first-order valence-corrected chi connectivity index (χ1v) is 6.35. The number of hydrogen-bond donors (Lipinski definition) is 1. The Kier molecular flexibility index (Phi) is 5.69. The minimum Gasteiger partial charge on any atom is -0.341 e. The molecule has 1 aromatic rings. The second-order valence-corrected chi connectivity index (χ2v) is 5.10. The van der Waals surface area contributed by atoms with Crippen molar-refractivity contribution in [1.29, 1.82) is 0 Å². The topological polar surface area (TPSA) is 55.0 Å². The Labute approximate surface area is 105 Å². The summed E-state index contributed by atoms with van der Waals surface area (Å²) in [7, 11) is 0. The molecule has 0 spiro atoms. The van der Waals surface area contributed by atoms with Gasteiger partial charge in [0.15, 0.2) is 0 Å². The summed E-state index contributed by atoms with van der Waals surface area (Å²) < 4.78 is 0.902. The maximum Gasteiger partial charge on any atom is 0.225 e. The van der Waals surface area contributed by atoms with Crippen LogP contribution < -0.4 is 10.6 Å². The van der Waals surface area contributed by atoms with Crippen LogP contribution in [0.3, 0.4) is 0 Å². The van der Waals surface area contributed by atoms with Crippen LogP contribution >= 0.6 is 15.9 Å². The molecule has 0 saturated carbocycles. The molecule has 0 bridgehead atoms. The zero-order valence-corrected chi connectivity index (χ0v) is 11.4. The largest absolute Gasteiger partial charge is 0.341 e. The van der Waals surface area contributed by atoms with Crippen molar-refractivity contribution in [3.63, 3.8) is 0 Å². The third kappa shape index (κ3) is 4.45. The molecule has 0 radical (unpaired) electrons. The van der Waals surface area contributed by atoms with E-state index in [9.17, 15) is 0 Å². The van der Waals surface area contributed by atoms with Crippen LogP contribution in [-0.2, 0) is 0 Å². The Balaban J connectivity index is 2.70. The van der Waals surface area contributed by atoms with Crippen LogP contribution in [0, 0.1) is 5.92 Å². The predicted octanol–water partition coefficient (Wildman–Crippen LogP) is 2.05. The molecule has 0 atom stereocenters. The van der Waals surface area contributed by atoms with Crippen LogP contribution in [0.2, 0.25) is 0 Å². The molecular formula is C11H19BrN4. The lowest BCUT2D eigenvalue weighted by molar-refractivity contribution is 0.591. The minimum absolute atomic E-state index is 0.588. The van der Waals surface area contributed by atoms with E-state index in [-0.39, 0.29) is 0 Å². The normalized spacial score (nSPS) is 10.8. The highest BCUT2D eigenvalue weighted by molar-refractivity contribution is 9.10. The van der Waals surface area contributed by atoms with Crippen molar-refractivity contribution in [2.75, 3.05) is 24.5 Å². The summed E-state index contributed by atoms with van der Waals surface area (Å²) in [4.78, 5) is 10.8. The zero-order valence-electron chi connectivity index (χ0n) is 9.86. The van der Waals surface area contributed by atoms with Gasteiger partial charge < -0.3 is 10.6 Å². The third-order valence-corrected chi connectivity index (χ3v) is 2.52. The highest BCUT2D eigenvalue weighted by atomic mass is 79.9. The molecule has 0 amide bonds. The molecule has 90 valence electrons. The second-order valence-electron chi connectivity index (χ2n) is 4.18. The first kappa shape index (κ1) is 13.4. The number of nitrogens with two attached hydrogens (primary N) is 1. The van der Waals surface area contributed by atoms with Crippen molar-refractivity contribution in [3.05, 3.63) is 16.9 Å². The van der Waals surface area contributed by atoms with Crippen LogP contribution in [0.4, 0.5) is 5.95 Å². The standard InChI is InChI=1S/C11H19BrN4/c1-9(2)8-16(5-3-4-13)11-14-6-10(12)7-15-11/h6-7,9H,3-5,8,13H2,1-2H3. The molecule has 1 heterocycles. The van der Waals surface area contributed by atoms with Crippen LogP contribution in [0.25, 0.3) is 0 Å². The van der Waals surface area contributed by atoms with E-state index in [1.165, 1.54) is 0 Å². The summed E-state index contributed by atoms with van der Waals surface area (Å²) in [5, 5.41) is 0. The van der Waals surface area contributed by atoms with Crippen molar-refractivity contribution in [3.8, 4) is 0 Å². The lowest BCUT2D eigenvalue weighted by Crippen LogP contribution is -2.31. The lowest BCUT2D eigenvalue weighted by Gasteiger charge is -2.24. The summed E-state index contributed by atoms with van der Waals surface area (Å²) in [5.41, 5.74) is 5.53. The van der Waals surface area contributed by atoms with Crippen molar-refractivity contribution in [2.45, 2.75) is 20.3 Å². The Morgan fingerprint density at radius 2 is 2.00 bits per heavy atom. The molecule has 0 aromatic carbocycles. The van der Waals surface area contributed by atoms with E-state index in [0.29, 0.717) is 12.5 Å². The van der Waals surface area contributed by atoms with Crippen LogP contribution in [0.1, 0.15) is 20.3 Å². The average Bonchev–Trinajstić information content (AvgIpc) is 2.25. The Morgan fingerprint density at radius 1 is 1.38 bits per heavy atom. The maximum atomic E-state index is 5.53. The van der Waals surface area contributed by atoms with Gasteiger partial charge >= 0.3 is 0 Å². The van der Waals surface area contributed by atoms with E-state index in [2.05, 4.69) is 44.6 Å². The van der Waals surface area contributed by atoms with Gasteiger partial charge in [-0.15, -0.1) is 0 Å². The highest BCUT2D eigenvalue weighted by Gasteiger charge is 2.10. The fourth-order valence-corrected chi connectivity index (χ4v) is 1.67. The first-order chi connectivity index (χ1) is 7.63. The first-order valence-electron chi connectivity index (χ1n) is 5.56. The van der Waals surface area contributed by atoms with Crippen molar-refractivity contribution in [1.82, 2.24) is 9.97 Å². The minimum atomic E-state index is 0.588. The third-order valence-electron chi connectivity index (χ3n) is 2.11. The quantitative estimate of drug-likeness (QED) is 0.870. The van der Waals surface area contributed by atoms with Crippen LogP contribution in [0.5, 0.6) is 0 Å². The monoisotopic (exact) mass is 286 g/mol. The van der Waals surface area contributed by atoms with E-state index in [4.69, 9.17) is 5.73 Å². The molecule has 4 nitrogen and oxygen atoms in total. The molecule has 0 fully saturated rings. The number of nitrogens with zero attached hydrogens (tertiary/aromatic N) is 3. The van der Waals surface area contributed by atoms with E-state index in [0.717, 1.165) is 29.9 Å². The molecule has 16 heavy (non-hydrogen) atoms. The number of hydrogen-bond acceptors (Lipinski definition) is 4. The van der Waals surface area contributed by atoms with Crippen molar-refractivity contribution < 1.29 is 0 Å². The van der Waals surface area contributed by atoms with Gasteiger partial charge in [-0.1, -0.05) is 13.8 Å². The fraction of sp³-hybridized carbons (Fsp3) is 0.636. The van der Waals surface area contributed by atoms with Crippen molar-refractivity contribution >= 4 is 21.9 Å². The molecule has 2 N–H and O–H groups in total. The van der Waals surface area contributed by atoms with Gasteiger partial charge in [-0.2, -0.15) is 0 Å². The van der Waals surface area contributed by atoms with Gasteiger partial charge in [0.05, 0.1) is 4.47 Å². The molecule has 0 aliphatic rings. The number of anilines is 1. The van der Waals surface area contributed by atoms with Gasteiger partial charge in [-0.25, -0.2) is 9.97 Å². The molecule has 0 aliphatic carbocycles. The van der Waals surface area contributed by atoms with Crippen LogP contribution in [0.15, 0.2) is 16.9 Å². The van der Waals surface area contributed by atoms with Gasteiger partial charge in [0.2, 0.25) is 5.95 Å². The predicted molar refractivity (Wildman–Crippen MR) is 70.5 cm³/mol. The molecule has 1 rings (SSSR count). The smallest absolute Gasteiger partial charge is 0.225 e. The van der Waals surface area contributed by atoms with E-state index in [1.807, 2.05) is 0 Å². The highest BCUT2D eigenvalue weighted by Crippen LogP contribution is 2.12. The Bertz CT molecular complexity index is 299. The molecule has 5 heteroatoms.